The summed E-state index contributed by atoms with van der Waals surface area (Å²) in [6.45, 7) is 8.20. The van der Waals surface area contributed by atoms with Crippen LogP contribution < -0.4 is 11.1 Å². The van der Waals surface area contributed by atoms with E-state index in [2.05, 4.69) is 75.3 Å². The van der Waals surface area contributed by atoms with Gasteiger partial charge in [-0.2, -0.15) is 0 Å². The van der Waals surface area contributed by atoms with Gasteiger partial charge < -0.3 is 20.0 Å². The summed E-state index contributed by atoms with van der Waals surface area (Å²) >= 11 is 3.95. The van der Waals surface area contributed by atoms with E-state index in [0.29, 0.717) is 11.3 Å². The molecule has 0 spiro atoms. The van der Waals surface area contributed by atoms with Crippen LogP contribution in [0.5, 0.6) is 0 Å². The normalized spacial score (nSPS) is 12.3. The van der Waals surface area contributed by atoms with Crippen molar-refractivity contribution in [3.8, 4) is 0 Å². The molecule has 3 heterocycles. The number of fused-ring (bicyclic) bond motifs is 2. The first-order valence-electron chi connectivity index (χ1n) is 9.38. The summed E-state index contributed by atoms with van der Waals surface area (Å²) in [5.41, 5.74) is 8.44. The first-order chi connectivity index (χ1) is 13.8. The summed E-state index contributed by atoms with van der Waals surface area (Å²) < 4.78 is 8.85. The number of benzene rings is 1. The molecule has 0 aliphatic heterocycles. The van der Waals surface area contributed by atoms with E-state index in [-0.39, 0.29) is 5.54 Å². The van der Waals surface area contributed by atoms with Gasteiger partial charge in [0.2, 0.25) is 0 Å². The molecular formula is C20H23IN6OS. The number of nitrogen functional groups attached to an aromatic ring is 1. The molecule has 152 valence electrons. The van der Waals surface area contributed by atoms with Crippen LogP contribution in [0.25, 0.3) is 22.1 Å². The number of hydrogen-bond donors (Lipinski definition) is 2. The highest BCUT2D eigenvalue weighted by atomic mass is 127. The van der Waals surface area contributed by atoms with E-state index in [9.17, 15) is 0 Å². The average molecular weight is 522 g/mol. The largest absolute Gasteiger partial charge is 0.464 e. The van der Waals surface area contributed by atoms with Crippen molar-refractivity contribution in [2.45, 2.75) is 49.3 Å². The Labute approximate surface area is 187 Å². The summed E-state index contributed by atoms with van der Waals surface area (Å²) in [5, 5.41) is 5.47. The van der Waals surface area contributed by atoms with Gasteiger partial charge in [-0.25, -0.2) is 15.0 Å². The van der Waals surface area contributed by atoms with Gasteiger partial charge in [0.05, 0.1) is 6.26 Å². The highest BCUT2D eigenvalue weighted by molar-refractivity contribution is 14.1. The number of nitrogens with zero attached hydrogens (tertiary/aromatic N) is 4. The third-order valence-electron chi connectivity index (χ3n) is 4.45. The second kappa shape index (κ2) is 8.11. The lowest BCUT2D eigenvalue weighted by Crippen LogP contribution is -2.36. The summed E-state index contributed by atoms with van der Waals surface area (Å²) in [4.78, 5) is 14.4. The fourth-order valence-corrected chi connectivity index (χ4v) is 4.82. The summed E-state index contributed by atoms with van der Waals surface area (Å²) in [5.74, 6) is 0.402. The number of anilines is 1. The maximum Gasteiger partial charge on any atom is 0.175 e. The molecular weight excluding hydrogens is 499 g/mol. The van der Waals surface area contributed by atoms with Gasteiger partial charge in [-0.1, -0.05) is 11.8 Å². The number of imidazole rings is 1. The Morgan fingerprint density at radius 2 is 2.10 bits per heavy atom. The maximum atomic E-state index is 6.07. The molecule has 0 fully saturated rings. The molecule has 9 heteroatoms. The number of aromatic nitrogens is 4. The molecule has 0 unspecified atom stereocenters. The lowest BCUT2D eigenvalue weighted by molar-refractivity contribution is 0.412. The number of nitrogens with one attached hydrogen (secondary N) is 1. The van der Waals surface area contributed by atoms with Crippen LogP contribution in [-0.4, -0.2) is 31.6 Å². The predicted molar refractivity (Wildman–Crippen MR) is 125 cm³/mol. The molecule has 0 aliphatic carbocycles. The van der Waals surface area contributed by atoms with Crippen LogP contribution in [0.15, 0.2) is 45.3 Å². The Kier molecular flexibility index (Phi) is 5.71. The highest BCUT2D eigenvalue weighted by Crippen LogP contribution is 2.36. The molecule has 0 aliphatic rings. The highest BCUT2D eigenvalue weighted by Gasteiger charge is 2.18. The monoisotopic (exact) mass is 522 g/mol. The fourth-order valence-electron chi connectivity index (χ4n) is 3.05. The van der Waals surface area contributed by atoms with Crippen molar-refractivity contribution in [2.24, 2.45) is 0 Å². The number of hydrogen-bond acceptors (Lipinski definition) is 7. The minimum Gasteiger partial charge on any atom is -0.464 e. The van der Waals surface area contributed by atoms with Crippen molar-refractivity contribution in [1.29, 1.82) is 0 Å². The number of aryl methyl sites for hydroxylation is 1. The molecule has 4 rings (SSSR count). The molecule has 0 amide bonds. The van der Waals surface area contributed by atoms with Crippen molar-refractivity contribution < 1.29 is 4.42 Å². The van der Waals surface area contributed by atoms with Crippen molar-refractivity contribution in [3.63, 3.8) is 0 Å². The molecule has 1 aromatic carbocycles. The zero-order valence-corrected chi connectivity index (χ0v) is 19.5. The second-order valence-corrected chi connectivity index (χ2v) is 10.0. The van der Waals surface area contributed by atoms with Crippen molar-refractivity contribution in [2.75, 3.05) is 12.3 Å². The smallest absolute Gasteiger partial charge is 0.175 e. The number of nitrogens with two attached hydrogens (primary N) is 1. The van der Waals surface area contributed by atoms with Crippen LogP contribution in [0.4, 0.5) is 5.82 Å². The lowest BCUT2D eigenvalue weighted by atomic mass is 10.1. The molecule has 3 N–H and O–H groups in total. The van der Waals surface area contributed by atoms with Crippen molar-refractivity contribution >= 4 is 62.3 Å². The van der Waals surface area contributed by atoms with Gasteiger partial charge in [0.15, 0.2) is 22.1 Å². The van der Waals surface area contributed by atoms with Gasteiger partial charge in [-0.3, -0.25) is 0 Å². The van der Waals surface area contributed by atoms with Crippen LogP contribution >= 0.6 is 34.4 Å². The molecule has 7 nitrogen and oxygen atoms in total. The third-order valence-corrected chi connectivity index (χ3v) is 6.76. The van der Waals surface area contributed by atoms with Crippen LogP contribution in [0.3, 0.4) is 0 Å². The molecule has 29 heavy (non-hydrogen) atoms. The molecule has 0 saturated heterocycles. The van der Waals surface area contributed by atoms with Gasteiger partial charge in [0.1, 0.15) is 11.9 Å². The second-order valence-electron chi connectivity index (χ2n) is 7.85. The fraction of sp³-hybridized carbons (Fsp3) is 0.350. The van der Waals surface area contributed by atoms with Crippen LogP contribution in [0.1, 0.15) is 27.2 Å². The Morgan fingerprint density at radius 3 is 2.90 bits per heavy atom. The Morgan fingerprint density at radius 1 is 1.28 bits per heavy atom. The van der Waals surface area contributed by atoms with E-state index in [1.807, 2.05) is 6.07 Å². The third kappa shape index (κ3) is 4.51. The van der Waals surface area contributed by atoms with Gasteiger partial charge in [0.25, 0.3) is 0 Å². The lowest BCUT2D eigenvalue weighted by Gasteiger charge is -2.20. The quantitative estimate of drug-likeness (QED) is 0.280. The average Bonchev–Trinajstić information content (AvgIpc) is 3.23. The minimum absolute atomic E-state index is 0.0930. The molecule has 4 aromatic rings. The standard InChI is InChI=1S/C20H23IN6OS/c1-20(2,3)25-6-4-7-27-18-16(17(22)23-11-24-18)26-19(27)29-15-10-14-12(5-8-28-14)9-13(15)21/h5,8-11,25H,4,6-7H2,1-3H3,(H2,22,23,24). The van der Waals surface area contributed by atoms with Crippen LogP contribution in [-0.2, 0) is 6.54 Å². The molecule has 0 bridgehead atoms. The van der Waals surface area contributed by atoms with Gasteiger partial charge in [-0.15, -0.1) is 0 Å². The Hall–Kier alpha value is -1.85. The summed E-state index contributed by atoms with van der Waals surface area (Å²) in [6, 6.07) is 6.15. The molecule has 3 aromatic heterocycles. The topological polar surface area (TPSA) is 94.8 Å². The van der Waals surface area contributed by atoms with Crippen molar-refractivity contribution in [3.05, 3.63) is 34.4 Å². The van der Waals surface area contributed by atoms with E-state index >= 15 is 0 Å². The van der Waals surface area contributed by atoms with Gasteiger partial charge in [0, 0.05) is 25.9 Å². The number of rotatable bonds is 6. The number of furan rings is 1. The van der Waals surface area contributed by atoms with E-state index in [4.69, 9.17) is 15.1 Å². The van der Waals surface area contributed by atoms with E-state index in [0.717, 1.165) is 49.7 Å². The first-order valence-corrected chi connectivity index (χ1v) is 11.3. The van der Waals surface area contributed by atoms with E-state index in [1.165, 1.54) is 6.33 Å². The molecule has 0 radical (unpaired) electrons. The molecule has 0 saturated carbocycles. The van der Waals surface area contributed by atoms with E-state index in [1.54, 1.807) is 18.0 Å². The first kappa shape index (κ1) is 20.4. The van der Waals surface area contributed by atoms with Crippen molar-refractivity contribution in [1.82, 2.24) is 24.8 Å². The zero-order valence-electron chi connectivity index (χ0n) is 16.6. The summed E-state index contributed by atoms with van der Waals surface area (Å²) in [6.07, 6.45) is 4.16. The maximum absolute atomic E-state index is 6.07. The van der Waals surface area contributed by atoms with Gasteiger partial charge in [-0.05, 0) is 74.5 Å². The van der Waals surface area contributed by atoms with Crippen LogP contribution in [0.2, 0.25) is 0 Å². The van der Waals surface area contributed by atoms with E-state index < -0.39 is 0 Å². The summed E-state index contributed by atoms with van der Waals surface area (Å²) in [7, 11) is 0. The Bertz CT molecular complexity index is 1160. The van der Waals surface area contributed by atoms with Gasteiger partial charge >= 0.3 is 0 Å². The number of halogens is 1. The Balaban J connectivity index is 1.66. The predicted octanol–water partition coefficient (Wildman–Crippen LogP) is 4.69. The molecule has 0 atom stereocenters. The van der Waals surface area contributed by atoms with Crippen LogP contribution in [0, 0.1) is 3.57 Å². The SMILES string of the molecule is CC(C)(C)NCCCn1c(Sc2cc3occc3cc2I)nc2c(N)ncnc21. The minimum atomic E-state index is 0.0930. The zero-order chi connectivity index (χ0) is 20.6.